The summed E-state index contributed by atoms with van der Waals surface area (Å²) in [6.45, 7) is 0. The summed E-state index contributed by atoms with van der Waals surface area (Å²) in [5.41, 5.74) is 11.0. The first-order chi connectivity index (χ1) is 8.34. The highest BCUT2D eigenvalue weighted by atomic mass is 14.6. The van der Waals surface area contributed by atoms with Gasteiger partial charge in [0.05, 0.1) is 0 Å². The Hall–Kier alpha value is -2.02. The molecule has 17 heavy (non-hydrogen) atoms. The van der Waals surface area contributed by atoms with Gasteiger partial charge >= 0.3 is 0 Å². The van der Waals surface area contributed by atoms with E-state index in [0.29, 0.717) is 5.92 Å². The van der Waals surface area contributed by atoms with Gasteiger partial charge in [-0.25, -0.2) is 0 Å². The average Bonchev–Trinajstić information content (AvgIpc) is 2.38. The van der Waals surface area contributed by atoms with Crippen LogP contribution in [0.25, 0.3) is 22.9 Å². The molecule has 0 bridgehead atoms. The fourth-order valence-corrected chi connectivity index (χ4v) is 3.08. The van der Waals surface area contributed by atoms with Gasteiger partial charge in [-0.3, -0.25) is 0 Å². The largest absolute Gasteiger partial charge is 0.398 e. The predicted octanol–water partition coefficient (Wildman–Crippen LogP) is 3.95. The van der Waals surface area contributed by atoms with Crippen molar-refractivity contribution < 1.29 is 0 Å². The normalized spacial score (nSPS) is 19.9. The smallest absolute Gasteiger partial charge is 0.0394 e. The molecule has 4 rings (SSSR count). The van der Waals surface area contributed by atoms with Crippen LogP contribution in [0.3, 0.4) is 0 Å². The van der Waals surface area contributed by atoms with Crippen molar-refractivity contribution in [3.8, 4) is 0 Å². The third-order valence-corrected chi connectivity index (χ3v) is 3.89. The minimum atomic E-state index is 0.535. The molecule has 0 heterocycles. The van der Waals surface area contributed by atoms with Crippen LogP contribution in [-0.2, 0) is 0 Å². The number of rotatable bonds is 0. The quantitative estimate of drug-likeness (QED) is 0.667. The highest BCUT2D eigenvalue weighted by Gasteiger charge is 2.22. The number of allylic oxidation sites excluding steroid dienone is 2. The number of nitrogens with two attached hydrogens (primary N) is 1. The Bertz CT molecular complexity index is 692. The van der Waals surface area contributed by atoms with E-state index in [9.17, 15) is 0 Å². The van der Waals surface area contributed by atoms with E-state index in [0.717, 1.165) is 12.1 Å². The van der Waals surface area contributed by atoms with Gasteiger partial charge in [-0.2, -0.15) is 0 Å². The zero-order chi connectivity index (χ0) is 11.4. The highest BCUT2D eigenvalue weighted by Crippen LogP contribution is 2.43. The Kier molecular flexibility index (Phi) is 1.60. The van der Waals surface area contributed by atoms with Crippen molar-refractivity contribution >= 4 is 28.6 Å². The molecule has 2 aliphatic rings. The van der Waals surface area contributed by atoms with E-state index in [4.69, 9.17) is 5.73 Å². The zero-order valence-electron chi connectivity index (χ0n) is 9.48. The third kappa shape index (κ3) is 1.09. The van der Waals surface area contributed by atoms with Crippen LogP contribution in [0, 0.1) is 0 Å². The van der Waals surface area contributed by atoms with Gasteiger partial charge in [0.2, 0.25) is 0 Å². The molecule has 0 aliphatic heterocycles. The van der Waals surface area contributed by atoms with Crippen LogP contribution in [0.4, 0.5) is 5.69 Å². The second-order valence-electron chi connectivity index (χ2n) is 4.84. The second-order valence-corrected chi connectivity index (χ2v) is 4.84. The second kappa shape index (κ2) is 3.01. The summed E-state index contributed by atoms with van der Waals surface area (Å²) in [5, 5.41) is 2.66. The van der Waals surface area contributed by atoms with Crippen LogP contribution in [0.1, 0.15) is 29.0 Å². The molecule has 2 aromatic carbocycles. The predicted molar refractivity (Wildman–Crippen MR) is 73.8 cm³/mol. The maximum absolute atomic E-state index is 6.09. The minimum Gasteiger partial charge on any atom is -0.398 e. The van der Waals surface area contributed by atoms with Gasteiger partial charge in [-0.15, -0.1) is 0 Å². The Labute approximate surface area is 100 Å². The van der Waals surface area contributed by atoms with E-state index < -0.39 is 0 Å². The van der Waals surface area contributed by atoms with Crippen LogP contribution in [0.2, 0.25) is 0 Å². The van der Waals surface area contributed by atoms with Gasteiger partial charge in [0.1, 0.15) is 0 Å². The van der Waals surface area contributed by atoms with E-state index in [1.165, 1.54) is 27.5 Å². The summed E-state index contributed by atoms with van der Waals surface area (Å²) in [5.74, 6) is 0.535. The summed E-state index contributed by atoms with van der Waals surface area (Å²) in [6.07, 6.45) is 10.1. The first kappa shape index (κ1) is 9.06. The van der Waals surface area contributed by atoms with E-state index in [1.807, 2.05) is 6.07 Å². The van der Waals surface area contributed by atoms with E-state index in [-0.39, 0.29) is 0 Å². The summed E-state index contributed by atoms with van der Waals surface area (Å²) < 4.78 is 0. The zero-order valence-corrected chi connectivity index (χ0v) is 9.48. The van der Waals surface area contributed by atoms with Crippen LogP contribution < -0.4 is 5.73 Å². The summed E-state index contributed by atoms with van der Waals surface area (Å²) >= 11 is 0. The fraction of sp³-hybridized carbons (Fsp3) is 0.125. The summed E-state index contributed by atoms with van der Waals surface area (Å²) in [6, 6.07) is 8.55. The Morgan fingerprint density at radius 1 is 1.06 bits per heavy atom. The first-order valence-electron chi connectivity index (χ1n) is 6.04. The molecule has 0 amide bonds. The first-order valence-corrected chi connectivity index (χ1v) is 6.04. The lowest BCUT2D eigenvalue weighted by Crippen LogP contribution is -2.07. The maximum Gasteiger partial charge on any atom is 0.0394 e. The van der Waals surface area contributed by atoms with E-state index in [1.54, 1.807) is 0 Å². The van der Waals surface area contributed by atoms with Gasteiger partial charge in [0.15, 0.2) is 0 Å². The van der Waals surface area contributed by atoms with Crippen molar-refractivity contribution in [2.45, 2.75) is 12.3 Å². The highest BCUT2D eigenvalue weighted by molar-refractivity contribution is 6.01. The van der Waals surface area contributed by atoms with Gasteiger partial charge in [0.25, 0.3) is 0 Å². The molecule has 0 saturated heterocycles. The molecule has 1 heteroatoms. The lowest BCUT2D eigenvalue weighted by molar-refractivity contribution is 0.861. The molecule has 1 nitrogen and oxygen atoms in total. The molecule has 0 fully saturated rings. The molecular weight excluding hydrogens is 206 g/mol. The average molecular weight is 219 g/mol. The molecule has 0 radical (unpaired) electrons. The van der Waals surface area contributed by atoms with Gasteiger partial charge < -0.3 is 5.73 Å². The maximum atomic E-state index is 6.09. The Balaban J connectivity index is 2.26. The number of hydrogen-bond acceptors (Lipinski definition) is 1. The molecule has 2 aliphatic carbocycles. The molecule has 82 valence electrons. The molecule has 2 N–H and O–H groups in total. The molecule has 0 spiro atoms. The molecule has 1 atom stereocenters. The van der Waals surface area contributed by atoms with Crippen molar-refractivity contribution in [3.63, 3.8) is 0 Å². The number of nitrogen functional groups attached to an aromatic ring is 1. The number of benzene rings is 2. The van der Waals surface area contributed by atoms with Gasteiger partial charge in [-0.1, -0.05) is 42.5 Å². The van der Waals surface area contributed by atoms with E-state index in [2.05, 4.69) is 42.5 Å². The number of anilines is 1. The standard InChI is InChI=1S/C16H13N/c17-14-9-7-12-5-4-10-2-1-3-11-6-8-13(14)16(12)15(10)11/h1-2,4-9,11H,3,17H2. The third-order valence-electron chi connectivity index (χ3n) is 3.89. The summed E-state index contributed by atoms with van der Waals surface area (Å²) in [7, 11) is 0. The van der Waals surface area contributed by atoms with Gasteiger partial charge in [0, 0.05) is 17.2 Å². The SMILES string of the molecule is Nc1ccc2ccc3c4c2c1C=CC4CC=C3. The van der Waals surface area contributed by atoms with Crippen LogP contribution in [0.5, 0.6) is 0 Å². The van der Waals surface area contributed by atoms with Crippen LogP contribution in [-0.4, -0.2) is 0 Å². The lowest BCUT2D eigenvalue weighted by atomic mass is 9.78. The fourth-order valence-electron chi connectivity index (χ4n) is 3.08. The molecule has 0 aromatic heterocycles. The van der Waals surface area contributed by atoms with E-state index >= 15 is 0 Å². The Morgan fingerprint density at radius 3 is 2.88 bits per heavy atom. The van der Waals surface area contributed by atoms with Gasteiger partial charge in [-0.05, 0) is 34.4 Å². The number of hydrogen-bond donors (Lipinski definition) is 1. The van der Waals surface area contributed by atoms with Crippen molar-refractivity contribution in [1.29, 1.82) is 0 Å². The minimum absolute atomic E-state index is 0.535. The lowest BCUT2D eigenvalue weighted by Gasteiger charge is -2.26. The molecule has 2 aromatic rings. The van der Waals surface area contributed by atoms with Crippen LogP contribution in [0.15, 0.2) is 36.4 Å². The molecule has 1 unspecified atom stereocenters. The van der Waals surface area contributed by atoms with Crippen LogP contribution >= 0.6 is 0 Å². The molecule has 0 saturated carbocycles. The topological polar surface area (TPSA) is 26.0 Å². The molecular formula is C16H13N. The monoisotopic (exact) mass is 219 g/mol. The van der Waals surface area contributed by atoms with Crippen molar-refractivity contribution in [2.24, 2.45) is 0 Å². The van der Waals surface area contributed by atoms with Crippen molar-refractivity contribution in [2.75, 3.05) is 5.73 Å². The Morgan fingerprint density at radius 2 is 1.94 bits per heavy atom. The summed E-state index contributed by atoms with van der Waals surface area (Å²) in [4.78, 5) is 0. The van der Waals surface area contributed by atoms with Crippen molar-refractivity contribution in [3.05, 3.63) is 53.1 Å². The van der Waals surface area contributed by atoms with Crippen molar-refractivity contribution in [1.82, 2.24) is 0 Å².